The monoisotopic (exact) mass is 416 g/mol. The molecule has 0 aliphatic carbocycles. The van der Waals surface area contributed by atoms with Crippen molar-refractivity contribution in [3.8, 4) is 0 Å². The average molecular weight is 416 g/mol. The van der Waals surface area contributed by atoms with E-state index in [2.05, 4.69) is 5.32 Å². The van der Waals surface area contributed by atoms with Crippen LogP contribution in [0.2, 0.25) is 0 Å². The Labute approximate surface area is 167 Å². The summed E-state index contributed by atoms with van der Waals surface area (Å²) in [7, 11) is -2.18. The number of para-hydroxylation sites is 1. The Kier molecular flexibility index (Phi) is 6.05. The van der Waals surface area contributed by atoms with Crippen LogP contribution in [0.4, 0.5) is 14.5 Å². The van der Waals surface area contributed by atoms with Gasteiger partial charge in [0.1, 0.15) is 17.3 Å². The Morgan fingerprint density at radius 2 is 1.48 bits per heavy atom. The number of carbonyl (C=O) groups is 1. The van der Waals surface area contributed by atoms with Crippen LogP contribution in [0, 0.1) is 11.6 Å². The molecule has 3 aromatic rings. The first-order chi connectivity index (χ1) is 13.8. The number of halogens is 2. The van der Waals surface area contributed by atoms with Gasteiger partial charge in [0.2, 0.25) is 10.0 Å². The predicted molar refractivity (Wildman–Crippen MR) is 106 cm³/mol. The summed E-state index contributed by atoms with van der Waals surface area (Å²) in [6, 6.07) is 17.5. The van der Waals surface area contributed by atoms with Crippen LogP contribution < -0.4 is 5.32 Å². The van der Waals surface area contributed by atoms with E-state index in [9.17, 15) is 22.0 Å². The number of hydrogen-bond acceptors (Lipinski definition) is 3. The van der Waals surface area contributed by atoms with Crippen molar-refractivity contribution in [3.05, 3.63) is 95.6 Å². The van der Waals surface area contributed by atoms with Crippen molar-refractivity contribution in [2.75, 3.05) is 12.4 Å². The molecule has 0 fully saturated rings. The molecule has 0 saturated heterocycles. The van der Waals surface area contributed by atoms with Crippen LogP contribution in [0.3, 0.4) is 0 Å². The first kappa shape index (κ1) is 20.6. The lowest BCUT2D eigenvalue weighted by atomic mass is 10.1. The van der Waals surface area contributed by atoms with Crippen LogP contribution in [-0.2, 0) is 16.6 Å². The Hall–Kier alpha value is -3.10. The smallest absolute Gasteiger partial charge is 0.255 e. The van der Waals surface area contributed by atoms with Gasteiger partial charge >= 0.3 is 0 Å². The summed E-state index contributed by atoms with van der Waals surface area (Å²) < 4.78 is 53.7. The molecule has 3 aromatic carbocycles. The van der Waals surface area contributed by atoms with Crippen molar-refractivity contribution in [2.24, 2.45) is 0 Å². The first-order valence-electron chi connectivity index (χ1n) is 8.65. The van der Waals surface area contributed by atoms with Gasteiger partial charge in [-0.2, -0.15) is 4.31 Å². The van der Waals surface area contributed by atoms with Gasteiger partial charge in [0.15, 0.2) is 0 Å². The highest BCUT2D eigenvalue weighted by molar-refractivity contribution is 7.89. The van der Waals surface area contributed by atoms with Gasteiger partial charge in [-0.25, -0.2) is 17.2 Å². The van der Waals surface area contributed by atoms with E-state index in [-0.39, 0.29) is 17.0 Å². The number of anilines is 1. The van der Waals surface area contributed by atoms with E-state index in [1.54, 1.807) is 30.3 Å². The first-order valence-corrected chi connectivity index (χ1v) is 10.1. The van der Waals surface area contributed by atoms with Crippen LogP contribution in [0.15, 0.2) is 77.7 Å². The molecule has 3 rings (SSSR count). The highest BCUT2D eigenvalue weighted by Crippen LogP contribution is 2.20. The Balaban J connectivity index is 1.71. The lowest BCUT2D eigenvalue weighted by Crippen LogP contribution is -2.26. The van der Waals surface area contributed by atoms with Gasteiger partial charge in [0.25, 0.3) is 5.91 Å². The Morgan fingerprint density at radius 1 is 0.897 bits per heavy atom. The molecule has 0 heterocycles. The minimum absolute atomic E-state index is 0.0983. The zero-order valence-electron chi connectivity index (χ0n) is 15.5. The van der Waals surface area contributed by atoms with E-state index in [1.807, 2.05) is 0 Å². The third-order valence-electron chi connectivity index (χ3n) is 4.27. The highest BCUT2D eigenvalue weighted by Gasteiger charge is 2.20. The maximum atomic E-state index is 13.7. The molecule has 0 unspecified atom stereocenters. The molecule has 0 aliphatic rings. The van der Waals surface area contributed by atoms with Gasteiger partial charge in [-0.3, -0.25) is 4.79 Å². The maximum absolute atomic E-state index is 13.7. The third kappa shape index (κ3) is 4.67. The minimum Gasteiger partial charge on any atom is -0.317 e. The number of nitrogens with one attached hydrogen (secondary N) is 1. The van der Waals surface area contributed by atoms with Crippen molar-refractivity contribution in [3.63, 3.8) is 0 Å². The summed E-state index contributed by atoms with van der Waals surface area (Å²) in [6.07, 6.45) is 0. The van der Waals surface area contributed by atoms with E-state index in [0.717, 1.165) is 12.1 Å². The fraction of sp³-hybridized carbons (Fsp3) is 0.0952. The second kappa shape index (κ2) is 8.50. The SMILES string of the molecule is CN(Cc1ccc(C(=O)Nc2c(F)cccc2F)cc1)S(=O)(=O)c1ccccc1. The number of carbonyl (C=O) groups excluding carboxylic acids is 1. The molecule has 0 bridgehead atoms. The minimum atomic E-state index is -3.64. The number of hydrogen-bond donors (Lipinski definition) is 1. The van der Waals surface area contributed by atoms with E-state index < -0.39 is 33.3 Å². The molecule has 1 amide bonds. The summed E-state index contributed by atoms with van der Waals surface area (Å²) >= 11 is 0. The van der Waals surface area contributed by atoms with Gasteiger partial charge < -0.3 is 5.32 Å². The molecule has 5 nitrogen and oxygen atoms in total. The molecular formula is C21H18F2N2O3S. The number of amides is 1. The van der Waals surface area contributed by atoms with Gasteiger partial charge in [0.05, 0.1) is 4.90 Å². The van der Waals surface area contributed by atoms with E-state index >= 15 is 0 Å². The molecule has 8 heteroatoms. The molecule has 0 spiro atoms. The van der Waals surface area contributed by atoms with E-state index in [4.69, 9.17) is 0 Å². The van der Waals surface area contributed by atoms with Gasteiger partial charge in [-0.15, -0.1) is 0 Å². The fourth-order valence-corrected chi connectivity index (χ4v) is 3.86. The lowest BCUT2D eigenvalue weighted by molar-refractivity contribution is 0.102. The van der Waals surface area contributed by atoms with Crippen LogP contribution in [0.5, 0.6) is 0 Å². The summed E-state index contributed by atoms with van der Waals surface area (Å²) in [4.78, 5) is 12.4. The predicted octanol–water partition coefficient (Wildman–Crippen LogP) is 4.04. The van der Waals surface area contributed by atoms with Gasteiger partial charge in [0, 0.05) is 19.2 Å². The third-order valence-corrected chi connectivity index (χ3v) is 6.09. The average Bonchev–Trinajstić information content (AvgIpc) is 2.72. The van der Waals surface area contributed by atoms with Crippen molar-refractivity contribution in [1.29, 1.82) is 0 Å². The second-order valence-electron chi connectivity index (χ2n) is 6.32. The molecule has 0 aromatic heterocycles. The molecule has 150 valence electrons. The normalized spacial score (nSPS) is 11.4. The summed E-state index contributed by atoms with van der Waals surface area (Å²) in [5.74, 6) is -2.42. The van der Waals surface area contributed by atoms with Crippen LogP contribution in [-0.4, -0.2) is 25.7 Å². The molecule has 29 heavy (non-hydrogen) atoms. The van der Waals surface area contributed by atoms with Gasteiger partial charge in [-0.1, -0.05) is 36.4 Å². The molecule has 0 saturated carbocycles. The summed E-state index contributed by atoms with van der Waals surface area (Å²) in [5.41, 5.74) is 0.320. The van der Waals surface area contributed by atoms with Crippen molar-refractivity contribution in [2.45, 2.75) is 11.4 Å². The largest absolute Gasteiger partial charge is 0.317 e. The highest BCUT2D eigenvalue weighted by atomic mass is 32.2. The van der Waals surface area contributed by atoms with Gasteiger partial charge in [-0.05, 0) is 42.0 Å². The maximum Gasteiger partial charge on any atom is 0.255 e. The molecule has 1 N–H and O–H groups in total. The van der Waals surface area contributed by atoms with Crippen molar-refractivity contribution >= 4 is 21.6 Å². The van der Waals surface area contributed by atoms with Crippen molar-refractivity contribution in [1.82, 2.24) is 4.31 Å². The molecule has 0 radical (unpaired) electrons. The lowest BCUT2D eigenvalue weighted by Gasteiger charge is -2.17. The van der Waals surface area contributed by atoms with E-state index in [1.165, 1.54) is 41.7 Å². The zero-order valence-corrected chi connectivity index (χ0v) is 16.3. The van der Waals surface area contributed by atoms with Crippen LogP contribution in [0.25, 0.3) is 0 Å². The van der Waals surface area contributed by atoms with Crippen LogP contribution >= 0.6 is 0 Å². The van der Waals surface area contributed by atoms with Crippen LogP contribution in [0.1, 0.15) is 15.9 Å². The number of benzene rings is 3. The molecular weight excluding hydrogens is 398 g/mol. The Morgan fingerprint density at radius 3 is 2.07 bits per heavy atom. The molecule has 0 aliphatic heterocycles. The number of nitrogens with zero attached hydrogens (tertiary/aromatic N) is 1. The standard InChI is InChI=1S/C21H18F2N2O3S/c1-25(29(27,28)17-6-3-2-4-7-17)14-15-10-12-16(13-11-15)21(26)24-20-18(22)8-5-9-19(20)23/h2-13H,14H2,1H3,(H,24,26). The zero-order chi connectivity index (χ0) is 21.0. The number of sulfonamides is 1. The Bertz CT molecular complexity index is 1100. The fourth-order valence-electron chi connectivity index (χ4n) is 2.68. The summed E-state index contributed by atoms with van der Waals surface area (Å²) in [5, 5.41) is 2.21. The number of rotatable bonds is 6. The topological polar surface area (TPSA) is 66.5 Å². The second-order valence-corrected chi connectivity index (χ2v) is 8.37. The molecule has 0 atom stereocenters. The summed E-state index contributed by atoms with van der Waals surface area (Å²) in [6.45, 7) is 0.0983. The van der Waals surface area contributed by atoms with E-state index in [0.29, 0.717) is 5.56 Å². The van der Waals surface area contributed by atoms with Crippen molar-refractivity contribution < 1.29 is 22.0 Å². The quantitative estimate of drug-likeness (QED) is 0.660.